The van der Waals surface area contributed by atoms with E-state index in [4.69, 9.17) is 7.85 Å². The molecule has 0 saturated heterocycles. The van der Waals surface area contributed by atoms with E-state index in [0.717, 1.165) is 11.1 Å². The van der Waals surface area contributed by atoms with Crippen molar-refractivity contribution < 1.29 is 0 Å². The molecule has 0 saturated carbocycles. The minimum Gasteiger partial charge on any atom is -0.287 e. The molecule has 4 heteroatoms. The summed E-state index contributed by atoms with van der Waals surface area (Å²) in [5.74, 6) is 0. The van der Waals surface area contributed by atoms with Gasteiger partial charge in [-0.25, -0.2) is 4.98 Å². The summed E-state index contributed by atoms with van der Waals surface area (Å²) in [6, 6.07) is 24.9. The Morgan fingerprint density at radius 3 is 2.04 bits per heavy atom. The first-order chi connectivity index (χ1) is 12.2. The van der Waals surface area contributed by atoms with Gasteiger partial charge in [0, 0.05) is 0 Å². The summed E-state index contributed by atoms with van der Waals surface area (Å²) < 4.78 is 1.67. The van der Waals surface area contributed by atoms with Crippen LogP contribution in [0.2, 0.25) is 0 Å². The predicted octanol–water partition coefficient (Wildman–Crippen LogP) is 2.83. The molecular weight excluding hydrogens is 307 g/mol. The first-order valence-electron chi connectivity index (χ1n) is 8.10. The molecular formula is C21H15BN2O. The molecule has 118 valence electrons. The molecule has 0 aliphatic carbocycles. The third-order valence-electron chi connectivity index (χ3n) is 4.32. The van der Waals surface area contributed by atoms with Gasteiger partial charge >= 0.3 is 0 Å². The van der Waals surface area contributed by atoms with Gasteiger partial charge in [-0.15, -0.1) is 0 Å². The highest BCUT2D eigenvalue weighted by molar-refractivity contribution is 6.33. The zero-order valence-corrected chi connectivity index (χ0v) is 13.5. The van der Waals surface area contributed by atoms with Crippen LogP contribution in [0.5, 0.6) is 0 Å². The van der Waals surface area contributed by atoms with Gasteiger partial charge in [0.15, 0.2) is 0 Å². The molecule has 0 fully saturated rings. The van der Waals surface area contributed by atoms with Crippen LogP contribution >= 0.6 is 0 Å². The molecule has 0 amide bonds. The lowest BCUT2D eigenvalue weighted by molar-refractivity contribution is 0.643. The van der Waals surface area contributed by atoms with Crippen molar-refractivity contribution in [2.45, 2.75) is 6.04 Å². The molecule has 0 N–H and O–H groups in total. The zero-order valence-electron chi connectivity index (χ0n) is 13.5. The van der Waals surface area contributed by atoms with Crippen LogP contribution in [-0.4, -0.2) is 17.4 Å². The van der Waals surface area contributed by atoms with E-state index in [1.807, 2.05) is 60.7 Å². The average molecular weight is 322 g/mol. The minimum atomic E-state index is -0.242. The molecule has 0 aliphatic rings. The Balaban J connectivity index is 1.99. The maximum Gasteiger partial charge on any atom is 0.262 e. The molecule has 4 aromatic rings. The summed E-state index contributed by atoms with van der Waals surface area (Å²) in [5.41, 5.74) is 3.16. The van der Waals surface area contributed by atoms with Crippen molar-refractivity contribution in [1.29, 1.82) is 0 Å². The molecule has 4 rings (SSSR count). The fraction of sp³-hybridized carbons (Fsp3) is 0.0476. The smallest absolute Gasteiger partial charge is 0.262 e. The van der Waals surface area contributed by atoms with Crippen molar-refractivity contribution in [2.24, 2.45) is 0 Å². The molecule has 2 radical (unpaired) electrons. The van der Waals surface area contributed by atoms with Crippen molar-refractivity contribution in [1.82, 2.24) is 9.55 Å². The van der Waals surface area contributed by atoms with Gasteiger partial charge in [0.25, 0.3) is 5.56 Å². The topological polar surface area (TPSA) is 34.9 Å². The maximum absolute atomic E-state index is 13.1. The molecule has 0 atom stereocenters. The van der Waals surface area contributed by atoms with Gasteiger partial charge in [-0.1, -0.05) is 78.3 Å². The number of aromatic nitrogens is 2. The highest BCUT2D eigenvalue weighted by atomic mass is 16.1. The molecule has 1 heterocycles. The first-order valence-corrected chi connectivity index (χ1v) is 8.10. The highest BCUT2D eigenvalue weighted by Crippen LogP contribution is 2.25. The number of nitrogens with zero attached hydrogens (tertiary/aromatic N) is 2. The third kappa shape index (κ3) is 2.87. The lowest BCUT2D eigenvalue weighted by Gasteiger charge is -2.21. The van der Waals surface area contributed by atoms with E-state index in [1.165, 1.54) is 0 Å². The summed E-state index contributed by atoms with van der Waals surface area (Å²) in [6.45, 7) is 0. The van der Waals surface area contributed by atoms with Crippen molar-refractivity contribution in [2.75, 3.05) is 0 Å². The fourth-order valence-corrected chi connectivity index (χ4v) is 3.12. The van der Waals surface area contributed by atoms with Gasteiger partial charge in [-0.05, 0) is 17.2 Å². The Morgan fingerprint density at radius 1 is 0.840 bits per heavy atom. The fourth-order valence-electron chi connectivity index (χ4n) is 3.12. The van der Waals surface area contributed by atoms with Crippen LogP contribution < -0.4 is 11.0 Å². The number of benzene rings is 3. The second kappa shape index (κ2) is 6.40. The Morgan fingerprint density at radius 2 is 1.44 bits per heavy atom. The van der Waals surface area contributed by atoms with Crippen LogP contribution in [0.15, 0.2) is 90.0 Å². The lowest BCUT2D eigenvalue weighted by Crippen LogP contribution is -2.27. The standard InChI is InChI=1S/C21H15BN2O/c22-17-11-12-19-18(13-17)21(25)24(14-23-19)20(15-7-3-1-4-8-15)16-9-5-2-6-10-16/h1-14,20H. The highest BCUT2D eigenvalue weighted by Gasteiger charge is 2.18. The predicted molar refractivity (Wildman–Crippen MR) is 102 cm³/mol. The summed E-state index contributed by atoms with van der Waals surface area (Å²) in [6.07, 6.45) is 1.62. The van der Waals surface area contributed by atoms with Gasteiger partial charge in [0.05, 0.1) is 23.3 Å². The Kier molecular flexibility index (Phi) is 3.94. The second-order valence-electron chi connectivity index (χ2n) is 5.96. The maximum atomic E-state index is 13.1. The Bertz CT molecular complexity index is 1040. The van der Waals surface area contributed by atoms with E-state index >= 15 is 0 Å². The van der Waals surface area contributed by atoms with Crippen LogP contribution in [0, 0.1) is 0 Å². The van der Waals surface area contributed by atoms with Crippen LogP contribution in [0.3, 0.4) is 0 Å². The summed E-state index contributed by atoms with van der Waals surface area (Å²) in [4.78, 5) is 17.6. The van der Waals surface area contributed by atoms with Crippen LogP contribution in [0.4, 0.5) is 0 Å². The number of fused-ring (bicyclic) bond motifs is 1. The van der Waals surface area contributed by atoms with Gasteiger partial charge in [-0.3, -0.25) is 9.36 Å². The number of rotatable bonds is 3. The van der Waals surface area contributed by atoms with E-state index in [1.54, 1.807) is 29.1 Å². The molecule has 0 bridgehead atoms. The number of hydrogen-bond acceptors (Lipinski definition) is 2. The second-order valence-corrected chi connectivity index (χ2v) is 5.96. The first kappa shape index (κ1) is 15.4. The van der Waals surface area contributed by atoms with Gasteiger partial charge in [0.1, 0.15) is 7.85 Å². The molecule has 25 heavy (non-hydrogen) atoms. The Hall–Kier alpha value is -3.14. The quantitative estimate of drug-likeness (QED) is 0.544. The number of hydrogen-bond donors (Lipinski definition) is 0. The summed E-state index contributed by atoms with van der Waals surface area (Å²) in [7, 11) is 5.87. The van der Waals surface area contributed by atoms with Gasteiger partial charge in [0.2, 0.25) is 0 Å². The zero-order chi connectivity index (χ0) is 17.2. The minimum absolute atomic E-state index is 0.102. The van der Waals surface area contributed by atoms with E-state index in [-0.39, 0.29) is 11.6 Å². The molecule has 0 aliphatic heterocycles. The van der Waals surface area contributed by atoms with Crippen LogP contribution in [0.1, 0.15) is 17.2 Å². The molecule has 3 nitrogen and oxygen atoms in total. The van der Waals surface area contributed by atoms with Crippen molar-refractivity contribution >= 4 is 24.2 Å². The molecule has 0 spiro atoms. The molecule has 0 unspecified atom stereocenters. The largest absolute Gasteiger partial charge is 0.287 e. The van der Waals surface area contributed by atoms with Gasteiger partial charge < -0.3 is 0 Å². The van der Waals surface area contributed by atoms with E-state index in [0.29, 0.717) is 16.4 Å². The average Bonchev–Trinajstić information content (AvgIpc) is 2.66. The third-order valence-corrected chi connectivity index (χ3v) is 4.32. The SMILES string of the molecule is [B]c1ccc2ncn(C(c3ccccc3)c3ccccc3)c(=O)c2c1. The van der Waals surface area contributed by atoms with E-state index < -0.39 is 0 Å². The molecule has 3 aromatic carbocycles. The van der Waals surface area contributed by atoms with E-state index in [9.17, 15) is 4.79 Å². The van der Waals surface area contributed by atoms with Gasteiger partial charge in [-0.2, -0.15) is 0 Å². The van der Waals surface area contributed by atoms with Crippen molar-refractivity contribution in [3.05, 3.63) is 107 Å². The monoisotopic (exact) mass is 322 g/mol. The molecule has 1 aromatic heterocycles. The lowest BCUT2D eigenvalue weighted by atomic mass is 9.94. The summed E-state index contributed by atoms with van der Waals surface area (Å²) >= 11 is 0. The van der Waals surface area contributed by atoms with Crippen molar-refractivity contribution in [3.63, 3.8) is 0 Å². The summed E-state index contributed by atoms with van der Waals surface area (Å²) in [5, 5.41) is 0.527. The van der Waals surface area contributed by atoms with Crippen LogP contribution in [-0.2, 0) is 0 Å². The normalized spacial score (nSPS) is 11.1. The van der Waals surface area contributed by atoms with Crippen molar-refractivity contribution in [3.8, 4) is 0 Å². The van der Waals surface area contributed by atoms with Crippen LogP contribution in [0.25, 0.3) is 10.9 Å². The Labute approximate surface area is 147 Å². The van der Waals surface area contributed by atoms with E-state index in [2.05, 4.69) is 4.98 Å².